The van der Waals surface area contributed by atoms with Crippen LogP contribution in [0.1, 0.15) is 22.3 Å². The van der Waals surface area contributed by atoms with E-state index in [4.69, 9.17) is 5.73 Å². The Morgan fingerprint density at radius 1 is 1.32 bits per heavy atom. The molecule has 0 spiro atoms. The van der Waals surface area contributed by atoms with Gasteiger partial charge in [-0.15, -0.1) is 0 Å². The van der Waals surface area contributed by atoms with Gasteiger partial charge in [0, 0.05) is 31.4 Å². The van der Waals surface area contributed by atoms with Crippen LogP contribution in [0.5, 0.6) is 0 Å². The Bertz CT molecular complexity index is 729. The number of pyridine rings is 1. The Labute approximate surface area is 148 Å². The molecule has 0 bridgehead atoms. The zero-order valence-electron chi connectivity index (χ0n) is 14.3. The standard InChI is InChI=1S/C20H24N4O/c21-19-13-18(8-10-22-19)20(25)23-14-17-9-12-24(15-17)11-4-7-16-5-2-1-3-6-16/h1-8,10,13,17H,9,11-12,14-15H2,(H2,21,22)(H,23,25)/b7-4+/t17-/m1/s1. The van der Waals surface area contributed by atoms with Crippen molar-refractivity contribution in [3.63, 3.8) is 0 Å². The molecule has 2 aromatic rings. The molecule has 1 fully saturated rings. The third kappa shape index (κ3) is 5.16. The summed E-state index contributed by atoms with van der Waals surface area (Å²) in [6.07, 6.45) is 7.03. The SMILES string of the molecule is Nc1cc(C(=O)NC[C@H]2CCN(C/C=C/c3ccccc3)C2)ccn1. The van der Waals surface area contributed by atoms with E-state index in [0.717, 1.165) is 26.1 Å². The number of benzene rings is 1. The highest BCUT2D eigenvalue weighted by molar-refractivity contribution is 5.94. The van der Waals surface area contributed by atoms with Gasteiger partial charge in [-0.2, -0.15) is 0 Å². The van der Waals surface area contributed by atoms with Crippen molar-refractivity contribution in [2.45, 2.75) is 6.42 Å². The number of nitrogen functional groups attached to an aromatic ring is 1. The number of nitrogens with zero attached hydrogens (tertiary/aromatic N) is 2. The maximum Gasteiger partial charge on any atom is 0.251 e. The molecule has 1 saturated heterocycles. The Kier molecular flexibility index (Phi) is 5.80. The van der Waals surface area contributed by atoms with Crippen LogP contribution in [0.4, 0.5) is 5.82 Å². The quantitative estimate of drug-likeness (QED) is 0.850. The number of nitrogens with two attached hydrogens (primary N) is 1. The van der Waals surface area contributed by atoms with Crippen LogP contribution in [0.2, 0.25) is 0 Å². The van der Waals surface area contributed by atoms with E-state index in [1.165, 1.54) is 5.56 Å². The monoisotopic (exact) mass is 336 g/mol. The number of aromatic nitrogens is 1. The molecule has 1 amide bonds. The molecule has 25 heavy (non-hydrogen) atoms. The van der Waals surface area contributed by atoms with Crippen LogP contribution >= 0.6 is 0 Å². The van der Waals surface area contributed by atoms with Crippen LogP contribution in [0.25, 0.3) is 6.08 Å². The molecule has 1 aliphatic heterocycles. The number of carbonyl (C=O) groups excluding carboxylic acids is 1. The van der Waals surface area contributed by atoms with Crippen LogP contribution < -0.4 is 11.1 Å². The lowest BCUT2D eigenvalue weighted by molar-refractivity contribution is 0.0947. The van der Waals surface area contributed by atoms with Gasteiger partial charge in [-0.3, -0.25) is 9.69 Å². The van der Waals surface area contributed by atoms with E-state index < -0.39 is 0 Å². The van der Waals surface area contributed by atoms with Crippen LogP contribution in [0.15, 0.2) is 54.7 Å². The van der Waals surface area contributed by atoms with Gasteiger partial charge in [-0.1, -0.05) is 42.5 Å². The predicted molar refractivity (Wildman–Crippen MR) is 101 cm³/mol. The second-order valence-corrected chi connectivity index (χ2v) is 6.41. The van der Waals surface area contributed by atoms with E-state index in [-0.39, 0.29) is 5.91 Å². The molecule has 5 nitrogen and oxygen atoms in total. The summed E-state index contributed by atoms with van der Waals surface area (Å²) in [7, 11) is 0. The van der Waals surface area contributed by atoms with E-state index in [0.29, 0.717) is 23.8 Å². The molecule has 0 radical (unpaired) electrons. The summed E-state index contributed by atoms with van der Waals surface area (Å²) in [6, 6.07) is 13.6. The zero-order valence-corrected chi connectivity index (χ0v) is 14.3. The Morgan fingerprint density at radius 2 is 2.16 bits per heavy atom. The number of hydrogen-bond donors (Lipinski definition) is 2. The van der Waals surface area contributed by atoms with Crippen LogP contribution in [-0.2, 0) is 0 Å². The number of hydrogen-bond acceptors (Lipinski definition) is 4. The third-order valence-corrected chi connectivity index (χ3v) is 4.44. The van der Waals surface area contributed by atoms with Crippen molar-refractivity contribution in [2.75, 3.05) is 31.9 Å². The molecule has 0 saturated carbocycles. The van der Waals surface area contributed by atoms with Crippen LogP contribution in [-0.4, -0.2) is 42.0 Å². The third-order valence-electron chi connectivity index (χ3n) is 4.44. The molecular weight excluding hydrogens is 312 g/mol. The molecule has 5 heteroatoms. The smallest absolute Gasteiger partial charge is 0.251 e. The van der Waals surface area contributed by atoms with E-state index in [1.54, 1.807) is 18.3 Å². The number of anilines is 1. The average molecular weight is 336 g/mol. The topological polar surface area (TPSA) is 71.2 Å². The fraction of sp³-hybridized carbons (Fsp3) is 0.300. The molecular formula is C20H24N4O. The highest BCUT2D eigenvalue weighted by Crippen LogP contribution is 2.15. The van der Waals surface area contributed by atoms with Gasteiger partial charge in [0.2, 0.25) is 0 Å². The fourth-order valence-corrected chi connectivity index (χ4v) is 3.08. The molecule has 0 aliphatic carbocycles. The summed E-state index contributed by atoms with van der Waals surface area (Å²) in [6.45, 7) is 3.72. The molecule has 1 aliphatic rings. The summed E-state index contributed by atoms with van der Waals surface area (Å²) in [5.74, 6) is 0.773. The highest BCUT2D eigenvalue weighted by atomic mass is 16.1. The maximum absolute atomic E-state index is 12.1. The number of nitrogens with one attached hydrogen (secondary N) is 1. The van der Waals surface area contributed by atoms with E-state index in [1.807, 2.05) is 18.2 Å². The van der Waals surface area contributed by atoms with Crippen LogP contribution in [0, 0.1) is 5.92 Å². The minimum Gasteiger partial charge on any atom is -0.384 e. The average Bonchev–Trinajstić information content (AvgIpc) is 3.08. The predicted octanol–water partition coefficient (Wildman–Crippen LogP) is 2.43. The van der Waals surface area contributed by atoms with Gasteiger partial charge >= 0.3 is 0 Å². The summed E-state index contributed by atoms with van der Waals surface area (Å²) in [5.41, 5.74) is 7.40. The molecule has 130 valence electrons. The summed E-state index contributed by atoms with van der Waals surface area (Å²) in [4.78, 5) is 18.5. The van der Waals surface area contributed by atoms with E-state index in [9.17, 15) is 4.79 Å². The molecule has 1 aromatic carbocycles. The first-order valence-corrected chi connectivity index (χ1v) is 8.64. The van der Waals surface area contributed by atoms with Crippen molar-refractivity contribution in [3.05, 3.63) is 65.9 Å². The van der Waals surface area contributed by atoms with Gasteiger partial charge in [0.15, 0.2) is 0 Å². The highest BCUT2D eigenvalue weighted by Gasteiger charge is 2.22. The number of likely N-dealkylation sites (tertiary alicyclic amines) is 1. The Hall–Kier alpha value is -2.66. The number of rotatable bonds is 6. The zero-order chi connectivity index (χ0) is 17.5. The van der Waals surface area contributed by atoms with Crippen molar-refractivity contribution in [2.24, 2.45) is 5.92 Å². The van der Waals surface area contributed by atoms with Gasteiger partial charge in [0.25, 0.3) is 5.91 Å². The first-order chi connectivity index (χ1) is 12.2. The molecule has 3 N–H and O–H groups in total. The van der Waals surface area contributed by atoms with Crippen molar-refractivity contribution in [1.82, 2.24) is 15.2 Å². The normalized spacial score (nSPS) is 17.8. The van der Waals surface area contributed by atoms with Gasteiger partial charge in [0.1, 0.15) is 5.82 Å². The Morgan fingerprint density at radius 3 is 2.96 bits per heavy atom. The van der Waals surface area contributed by atoms with E-state index >= 15 is 0 Å². The van der Waals surface area contributed by atoms with Gasteiger partial charge in [-0.05, 0) is 36.6 Å². The van der Waals surface area contributed by atoms with Crippen LogP contribution in [0.3, 0.4) is 0 Å². The lowest BCUT2D eigenvalue weighted by Gasteiger charge is -2.14. The second-order valence-electron chi connectivity index (χ2n) is 6.41. The number of carbonyl (C=O) groups is 1. The van der Waals surface area contributed by atoms with Gasteiger partial charge in [-0.25, -0.2) is 4.98 Å². The molecule has 3 rings (SSSR count). The maximum atomic E-state index is 12.1. The Balaban J connectivity index is 1.41. The lowest BCUT2D eigenvalue weighted by atomic mass is 10.1. The summed E-state index contributed by atoms with van der Waals surface area (Å²) in [5, 5.41) is 3.00. The first kappa shape index (κ1) is 17.2. The second kappa shape index (κ2) is 8.44. The first-order valence-electron chi connectivity index (χ1n) is 8.64. The number of amides is 1. The van der Waals surface area contributed by atoms with Crippen molar-refractivity contribution in [3.8, 4) is 0 Å². The summed E-state index contributed by atoms with van der Waals surface area (Å²) >= 11 is 0. The molecule has 2 heterocycles. The lowest BCUT2D eigenvalue weighted by Crippen LogP contribution is -2.31. The minimum atomic E-state index is -0.0866. The van der Waals surface area contributed by atoms with Gasteiger partial charge < -0.3 is 11.1 Å². The van der Waals surface area contributed by atoms with Gasteiger partial charge in [0.05, 0.1) is 0 Å². The van der Waals surface area contributed by atoms with E-state index in [2.05, 4.69) is 39.5 Å². The summed E-state index contributed by atoms with van der Waals surface area (Å²) < 4.78 is 0. The molecule has 0 unspecified atom stereocenters. The van der Waals surface area contributed by atoms with Crippen molar-refractivity contribution >= 4 is 17.8 Å². The van der Waals surface area contributed by atoms with Crippen molar-refractivity contribution < 1.29 is 4.79 Å². The largest absolute Gasteiger partial charge is 0.384 e. The minimum absolute atomic E-state index is 0.0866. The fourth-order valence-electron chi connectivity index (χ4n) is 3.08. The molecule has 1 atom stereocenters. The van der Waals surface area contributed by atoms with Crippen molar-refractivity contribution in [1.29, 1.82) is 0 Å². The molecule has 1 aromatic heterocycles.